The molecule has 1 unspecified atom stereocenters. The lowest BCUT2D eigenvalue weighted by Gasteiger charge is -2.14. The van der Waals surface area contributed by atoms with Crippen molar-refractivity contribution in [3.63, 3.8) is 0 Å². The van der Waals surface area contributed by atoms with E-state index in [1.807, 2.05) is 25.6 Å². The summed E-state index contributed by atoms with van der Waals surface area (Å²) in [4.78, 5) is 15.3. The zero-order chi connectivity index (χ0) is 14.7. The summed E-state index contributed by atoms with van der Waals surface area (Å²) < 4.78 is 0.857. The van der Waals surface area contributed by atoms with Gasteiger partial charge in [0.2, 0.25) is 0 Å². The van der Waals surface area contributed by atoms with Gasteiger partial charge in [-0.25, -0.2) is 4.98 Å². The van der Waals surface area contributed by atoms with Gasteiger partial charge in [-0.3, -0.25) is 10.1 Å². The number of nitro groups is 1. The predicted molar refractivity (Wildman–Crippen MR) is 87.1 cm³/mol. The SMILES string of the molecule is CCSCC(C)Nc1cc2nc(C)sc2cc1[N+](=O)[O-]. The van der Waals surface area contributed by atoms with Crippen molar-refractivity contribution in [3.8, 4) is 0 Å². The number of rotatable bonds is 6. The Labute approximate surface area is 125 Å². The molecule has 0 aliphatic carbocycles. The van der Waals surface area contributed by atoms with Gasteiger partial charge in [-0.1, -0.05) is 6.92 Å². The first-order valence-corrected chi connectivity index (χ1v) is 8.38. The van der Waals surface area contributed by atoms with E-state index in [0.717, 1.165) is 26.7 Å². The Balaban J connectivity index is 2.34. The third kappa shape index (κ3) is 3.40. The van der Waals surface area contributed by atoms with Crippen LogP contribution < -0.4 is 5.32 Å². The minimum atomic E-state index is -0.337. The third-order valence-corrected chi connectivity index (χ3v) is 4.86. The standard InChI is InChI=1S/C13H17N3O2S2/c1-4-19-7-8(2)14-10-5-11-13(20-9(3)15-11)6-12(10)16(17)18/h5-6,8,14H,4,7H2,1-3H3. The number of benzene rings is 1. The molecule has 0 aliphatic rings. The van der Waals surface area contributed by atoms with Crippen molar-refractivity contribution in [2.24, 2.45) is 0 Å². The van der Waals surface area contributed by atoms with Gasteiger partial charge in [0.25, 0.3) is 5.69 Å². The highest BCUT2D eigenvalue weighted by Gasteiger charge is 2.18. The van der Waals surface area contributed by atoms with Crippen LogP contribution in [0.3, 0.4) is 0 Å². The molecule has 0 bridgehead atoms. The second kappa shape index (κ2) is 6.41. The first-order valence-electron chi connectivity index (χ1n) is 6.41. The molecule has 108 valence electrons. The average Bonchev–Trinajstić information content (AvgIpc) is 2.74. The molecule has 0 spiro atoms. The van der Waals surface area contributed by atoms with Crippen LogP contribution in [0.25, 0.3) is 10.2 Å². The Hall–Kier alpha value is -1.34. The second-order valence-electron chi connectivity index (χ2n) is 4.53. The molecule has 7 heteroatoms. The summed E-state index contributed by atoms with van der Waals surface area (Å²) in [5.41, 5.74) is 1.49. The lowest BCUT2D eigenvalue weighted by Crippen LogP contribution is -2.18. The van der Waals surface area contributed by atoms with Gasteiger partial charge in [-0.05, 0) is 25.7 Å². The van der Waals surface area contributed by atoms with E-state index in [9.17, 15) is 10.1 Å². The summed E-state index contributed by atoms with van der Waals surface area (Å²) in [5.74, 6) is 1.96. The summed E-state index contributed by atoms with van der Waals surface area (Å²) in [7, 11) is 0. The molecule has 2 aromatic rings. The molecule has 0 radical (unpaired) electrons. The summed E-state index contributed by atoms with van der Waals surface area (Å²) in [6.45, 7) is 6.04. The molecule has 0 aliphatic heterocycles. The highest BCUT2D eigenvalue weighted by Crippen LogP contribution is 2.33. The van der Waals surface area contributed by atoms with Crippen molar-refractivity contribution < 1.29 is 4.92 Å². The van der Waals surface area contributed by atoms with Gasteiger partial charge < -0.3 is 5.32 Å². The van der Waals surface area contributed by atoms with E-state index in [4.69, 9.17) is 0 Å². The molecule has 0 fully saturated rings. The molecule has 1 heterocycles. The number of aryl methyl sites for hydroxylation is 1. The Morgan fingerprint density at radius 3 is 2.95 bits per heavy atom. The van der Waals surface area contributed by atoms with Crippen molar-refractivity contribution in [1.82, 2.24) is 4.98 Å². The van der Waals surface area contributed by atoms with Crippen LogP contribution in [-0.4, -0.2) is 27.5 Å². The van der Waals surface area contributed by atoms with Gasteiger partial charge in [0.1, 0.15) is 5.69 Å². The van der Waals surface area contributed by atoms with Gasteiger partial charge in [0, 0.05) is 17.9 Å². The molecule has 0 amide bonds. The highest BCUT2D eigenvalue weighted by atomic mass is 32.2. The number of fused-ring (bicyclic) bond motifs is 1. The van der Waals surface area contributed by atoms with Crippen LogP contribution in [-0.2, 0) is 0 Å². The minimum Gasteiger partial charge on any atom is -0.376 e. The number of thiazole rings is 1. The summed E-state index contributed by atoms with van der Waals surface area (Å²) >= 11 is 3.29. The molecule has 1 N–H and O–H groups in total. The number of nitrogens with one attached hydrogen (secondary N) is 1. The molecule has 0 saturated carbocycles. The van der Waals surface area contributed by atoms with Crippen LogP contribution in [0.2, 0.25) is 0 Å². The van der Waals surface area contributed by atoms with Gasteiger partial charge >= 0.3 is 0 Å². The largest absolute Gasteiger partial charge is 0.376 e. The molecule has 1 aromatic carbocycles. The van der Waals surface area contributed by atoms with E-state index >= 15 is 0 Å². The molecule has 0 saturated heterocycles. The van der Waals surface area contributed by atoms with Crippen molar-refractivity contribution in [1.29, 1.82) is 0 Å². The zero-order valence-electron chi connectivity index (χ0n) is 11.7. The zero-order valence-corrected chi connectivity index (χ0v) is 13.3. The normalized spacial score (nSPS) is 12.6. The Bertz CT molecular complexity index is 627. The average molecular weight is 311 g/mol. The Morgan fingerprint density at radius 1 is 1.55 bits per heavy atom. The quantitative estimate of drug-likeness (QED) is 0.643. The molecule has 1 aromatic heterocycles. The van der Waals surface area contributed by atoms with Gasteiger partial charge in [0.05, 0.1) is 20.1 Å². The number of hydrogen-bond acceptors (Lipinski definition) is 6. The molecule has 20 heavy (non-hydrogen) atoms. The monoisotopic (exact) mass is 311 g/mol. The van der Waals surface area contributed by atoms with Crippen LogP contribution in [0.15, 0.2) is 12.1 Å². The van der Waals surface area contributed by atoms with Crippen LogP contribution in [0.1, 0.15) is 18.9 Å². The van der Waals surface area contributed by atoms with E-state index in [2.05, 4.69) is 17.2 Å². The molecular formula is C13H17N3O2S2. The lowest BCUT2D eigenvalue weighted by atomic mass is 10.2. The van der Waals surface area contributed by atoms with Gasteiger partial charge in [-0.15, -0.1) is 11.3 Å². The molecule has 2 rings (SSSR count). The minimum absolute atomic E-state index is 0.120. The highest BCUT2D eigenvalue weighted by molar-refractivity contribution is 7.99. The van der Waals surface area contributed by atoms with Crippen LogP contribution >= 0.6 is 23.1 Å². The maximum absolute atomic E-state index is 11.2. The van der Waals surface area contributed by atoms with Crippen molar-refractivity contribution >= 4 is 44.7 Å². The summed E-state index contributed by atoms with van der Waals surface area (Å²) in [6.07, 6.45) is 0. The number of thioether (sulfide) groups is 1. The molecular weight excluding hydrogens is 294 g/mol. The number of anilines is 1. The molecule has 5 nitrogen and oxygen atoms in total. The van der Waals surface area contributed by atoms with E-state index in [-0.39, 0.29) is 16.7 Å². The van der Waals surface area contributed by atoms with Gasteiger partial charge in [0.15, 0.2) is 0 Å². The number of nitrogens with zero attached hydrogens (tertiary/aromatic N) is 2. The van der Waals surface area contributed by atoms with E-state index < -0.39 is 0 Å². The number of hydrogen-bond donors (Lipinski definition) is 1. The van der Waals surface area contributed by atoms with Crippen LogP contribution in [0, 0.1) is 17.0 Å². The van der Waals surface area contributed by atoms with E-state index in [1.165, 1.54) is 11.3 Å². The van der Waals surface area contributed by atoms with E-state index in [0.29, 0.717) is 5.69 Å². The number of nitro benzene ring substituents is 1. The second-order valence-corrected chi connectivity index (χ2v) is 7.09. The topological polar surface area (TPSA) is 68.1 Å². The predicted octanol–water partition coefficient (Wildman–Crippen LogP) is 4.07. The summed E-state index contributed by atoms with van der Waals surface area (Å²) in [5, 5.41) is 15.4. The van der Waals surface area contributed by atoms with Crippen molar-refractivity contribution in [3.05, 3.63) is 27.3 Å². The van der Waals surface area contributed by atoms with E-state index in [1.54, 1.807) is 12.1 Å². The Morgan fingerprint density at radius 2 is 2.30 bits per heavy atom. The van der Waals surface area contributed by atoms with Gasteiger partial charge in [-0.2, -0.15) is 11.8 Å². The maximum atomic E-state index is 11.2. The third-order valence-electron chi connectivity index (χ3n) is 2.78. The molecule has 1 atom stereocenters. The fourth-order valence-corrected chi connectivity index (χ4v) is 3.46. The van der Waals surface area contributed by atoms with Crippen molar-refractivity contribution in [2.45, 2.75) is 26.8 Å². The fraction of sp³-hybridized carbons (Fsp3) is 0.462. The smallest absolute Gasteiger partial charge is 0.293 e. The van der Waals surface area contributed by atoms with Crippen LogP contribution in [0.5, 0.6) is 0 Å². The lowest BCUT2D eigenvalue weighted by molar-refractivity contribution is -0.383. The Kier molecular flexibility index (Phi) is 4.82. The number of aromatic nitrogens is 1. The summed E-state index contributed by atoms with van der Waals surface area (Å²) in [6, 6.07) is 3.57. The first-order chi connectivity index (χ1) is 9.51. The first kappa shape index (κ1) is 15.1. The maximum Gasteiger partial charge on any atom is 0.293 e. The van der Waals surface area contributed by atoms with Crippen LogP contribution in [0.4, 0.5) is 11.4 Å². The fourth-order valence-electron chi connectivity index (χ4n) is 1.95. The van der Waals surface area contributed by atoms with Crippen molar-refractivity contribution in [2.75, 3.05) is 16.8 Å².